The minimum atomic E-state index is -1.03. The molecule has 1 aliphatic rings. The first-order chi connectivity index (χ1) is 13.0. The first-order valence-electron chi connectivity index (χ1n) is 8.42. The van der Waals surface area contributed by atoms with Crippen LogP contribution >= 0.6 is 0 Å². The molecular weight excluding hydrogens is 369 g/mol. The molecule has 27 heavy (non-hydrogen) atoms. The van der Waals surface area contributed by atoms with Crippen LogP contribution in [0.15, 0.2) is 42.5 Å². The molecule has 8 heteroatoms. The molecule has 1 aromatic heterocycles. The summed E-state index contributed by atoms with van der Waals surface area (Å²) in [5.74, 6) is 0.299. The number of benzene rings is 2. The molecule has 0 unspecified atom stereocenters. The molecule has 0 radical (unpaired) electrons. The normalized spacial score (nSPS) is 15.2. The Labute approximate surface area is 157 Å². The van der Waals surface area contributed by atoms with Gasteiger partial charge in [0.1, 0.15) is 11.5 Å². The maximum atomic E-state index is 13.3. The second-order valence-electron chi connectivity index (χ2n) is 6.25. The third kappa shape index (κ3) is 3.52. The molecule has 1 N–H and O–H groups in total. The van der Waals surface area contributed by atoms with Crippen LogP contribution in [0.25, 0.3) is 22.3 Å². The van der Waals surface area contributed by atoms with E-state index in [0.717, 1.165) is 5.56 Å². The topological polar surface area (TPSA) is 83.4 Å². The number of rotatable bonds is 3. The number of fused-ring (bicyclic) bond motifs is 1. The minimum absolute atomic E-state index is 0.136. The highest BCUT2D eigenvalue weighted by molar-refractivity contribution is 7.85. The molecule has 0 aliphatic carbocycles. The number of halogens is 1. The van der Waals surface area contributed by atoms with Gasteiger partial charge in [0.25, 0.3) is 0 Å². The molecular formula is C19H16FN3O3S. The highest BCUT2D eigenvalue weighted by Gasteiger charge is 2.22. The van der Waals surface area contributed by atoms with Gasteiger partial charge in [-0.1, -0.05) is 0 Å². The van der Waals surface area contributed by atoms with Crippen molar-refractivity contribution in [1.29, 1.82) is 0 Å². The summed E-state index contributed by atoms with van der Waals surface area (Å²) in [6.45, 7) is 1.14. The van der Waals surface area contributed by atoms with Crippen LogP contribution in [-0.4, -0.2) is 49.8 Å². The van der Waals surface area contributed by atoms with Gasteiger partial charge in [0.05, 0.1) is 16.6 Å². The van der Waals surface area contributed by atoms with Gasteiger partial charge >= 0.3 is 5.97 Å². The molecule has 4 rings (SSSR count). The van der Waals surface area contributed by atoms with Crippen molar-refractivity contribution in [1.82, 2.24) is 9.97 Å². The number of carboxylic acids is 1. The van der Waals surface area contributed by atoms with Crippen LogP contribution in [0.2, 0.25) is 0 Å². The molecule has 6 nitrogen and oxygen atoms in total. The van der Waals surface area contributed by atoms with Crippen molar-refractivity contribution in [3.8, 4) is 11.3 Å². The van der Waals surface area contributed by atoms with E-state index >= 15 is 0 Å². The second kappa shape index (κ2) is 7.03. The average Bonchev–Trinajstić information content (AvgIpc) is 2.68. The molecule has 2 heterocycles. The van der Waals surface area contributed by atoms with E-state index in [4.69, 9.17) is 0 Å². The van der Waals surface area contributed by atoms with Crippen LogP contribution in [0.3, 0.4) is 0 Å². The van der Waals surface area contributed by atoms with Crippen LogP contribution in [0.5, 0.6) is 0 Å². The molecule has 0 atom stereocenters. The largest absolute Gasteiger partial charge is 0.478 e. The van der Waals surface area contributed by atoms with E-state index in [2.05, 4.69) is 9.97 Å². The Hall–Kier alpha value is -2.87. The summed E-state index contributed by atoms with van der Waals surface area (Å²) in [5.41, 5.74) is 2.48. The second-order valence-corrected chi connectivity index (χ2v) is 7.94. The summed E-state index contributed by atoms with van der Waals surface area (Å²) in [4.78, 5) is 22.6. The number of carboxylic acid groups (broad SMARTS) is 1. The first kappa shape index (κ1) is 17.5. The Morgan fingerprint density at radius 1 is 1.04 bits per heavy atom. The van der Waals surface area contributed by atoms with E-state index in [9.17, 15) is 18.5 Å². The SMILES string of the molecule is O=C(O)c1ccc2nc(-c3ccc(F)cc3)c(N3CCS(=O)CC3)nc2c1. The van der Waals surface area contributed by atoms with E-state index in [1.807, 2.05) is 4.90 Å². The predicted molar refractivity (Wildman–Crippen MR) is 102 cm³/mol. The molecule has 1 aliphatic heterocycles. The zero-order chi connectivity index (χ0) is 19.0. The predicted octanol–water partition coefficient (Wildman–Crippen LogP) is 2.70. The van der Waals surface area contributed by atoms with Crippen LogP contribution in [0.4, 0.5) is 10.2 Å². The summed E-state index contributed by atoms with van der Waals surface area (Å²) in [6, 6.07) is 10.6. The highest BCUT2D eigenvalue weighted by atomic mass is 32.2. The minimum Gasteiger partial charge on any atom is -0.478 e. The lowest BCUT2D eigenvalue weighted by atomic mass is 10.1. The quantitative estimate of drug-likeness (QED) is 0.746. The smallest absolute Gasteiger partial charge is 0.335 e. The molecule has 0 spiro atoms. The number of aromatic carboxylic acids is 1. The fourth-order valence-electron chi connectivity index (χ4n) is 3.05. The van der Waals surface area contributed by atoms with Gasteiger partial charge in [-0.3, -0.25) is 4.21 Å². The number of hydrogen-bond donors (Lipinski definition) is 1. The zero-order valence-corrected chi connectivity index (χ0v) is 15.1. The summed E-state index contributed by atoms with van der Waals surface area (Å²) in [7, 11) is -0.843. The molecule has 1 fully saturated rings. The molecule has 2 aromatic carbocycles. The lowest BCUT2D eigenvalue weighted by Gasteiger charge is -2.29. The van der Waals surface area contributed by atoms with Crippen molar-refractivity contribution in [2.75, 3.05) is 29.5 Å². The summed E-state index contributed by atoms with van der Waals surface area (Å²) < 4.78 is 25.0. The van der Waals surface area contributed by atoms with Crippen LogP contribution < -0.4 is 4.90 Å². The third-order valence-electron chi connectivity index (χ3n) is 4.49. The number of aromatic nitrogens is 2. The fraction of sp³-hybridized carbons (Fsp3) is 0.211. The molecule has 138 valence electrons. The van der Waals surface area contributed by atoms with Crippen molar-refractivity contribution in [2.45, 2.75) is 0 Å². The van der Waals surface area contributed by atoms with Crippen molar-refractivity contribution >= 4 is 33.6 Å². The van der Waals surface area contributed by atoms with E-state index in [0.29, 0.717) is 47.1 Å². The van der Waals surface area contributed by atoms with Gasteiger partial charge in [-0.2, -0.15) is 0 Å². The standard InChI is InChI=1S/C19H16FN3O3S/c20-14-4-1-12(2-5-14)17-18(23-7-9-27(26)10-8-23)22-16-11-13(19(24)25)3-6-15(16)21-17/h1-6,11H,7-10H2,(H,24,25). The number of nitrogens with zero attached hydrogens (tertiary/aromatic N) is 3. The molecule has 0 amide bonds. The molecule has 0 saturated carbocycles. The molecule has 3 aromatic rings. The summed E-state index contributed by atoms with van der Waals surface area (Å²) >= 11 is 0. The van der Waals surface area contributed by atoms with Gasteiger partial charge in [0.2, 0.25) is 0 Å². The highest BCUT2D eigenvalue weighted by Crippen LogP contribution is 2.31. The first-order valence-corrected chi connectivity index (χ1v) is 9.91. The van der Waals surface area contributed by atoms with Gasteiger partial charge < -0.3 is 10.0 Å². The van der Waals surface area contributed by atoms with Gasteiger partial charge in [0, 0.05) is 41.0 Å². The Morgan fingerprint density at radius 3 is 2.41 bits per heavy atom. The molecule has 1 saturated heterocycles. The van der Waals surface area contributed by atoms with Crippen LogP contribution in [0.1, 0.15) is 10.4 Å². The number of anilines is 1. The number of hydrogen-bond acceptors (Lipinski definition) is 5. The van der Waals surface area contributed by atoms with Gasteiger partial charge in [-0.25, -0.2) is 19.2 Å². The third-order valence-corrected chi connectivity index (χ3v) is 5.76. The van der Waals surface area contributed by atoms with Crippen molar-refractivity contribution in [3.05, 3.63) is 53.8 Å². The van der Waals surface area contributed by atoms with Gasteiger partial charge in [-0.15, -0.1) is 0 Å². The Bertz CT molecular complexity index is 1050. The fourth-order valence-corrected chi connectivity index (χ4v) is 4.10. The Kier molecular flexibility index (Phi) is 4.57. The van der Waals surface area contributed by atoms with Crippen LogP contribution in [0, 0.1) is 5.82 Å². The van der Waals surface area contributed by atoms with Gasteiger partial charge in [-0.05, 0) is 42.5 Å². The Morgan fingerprint density at radius 2 is 1.74 bits per heavy atom. The summed E-state index contributed by atoms with van der Waals surface area (Å²) in [6.07, 6.45) is 0. The van der Waals surface area contributed by atoms with Crippen LogP contribution in [-0.2, 0) is 10.8 Å². The van der Waals surface area contributed by atoms with Crippen molar-refractivity contribution in [3.63, 3.8) is 0 Å². The summed E-state index contributed by atoms with van der Waals surface area (Å²) in [5, 5.41) is 9.22. The molecule has 0 bridgehead atoms. The van der Waals surface area contributed by atoms with E-state index < -0.39 is 16.8 Å². The van der Waals surface area contributed by atoms with Crippen molar-refractivity contribution in [2.24, 2.45) is 0 Å². The zero-order valence-electron chi connectivity index (χ0n) is 14.3. The lowest BCUT2D eigenvalue weighted by molar-refractivity contribution is 0.0697. The van der Waals surface area contributed by atoms with E-state index in [-0.39, 0.29) is 11.4 Å². The van der Waals surface area contributed by atoms with Crippen molar-refractivity contribution < 1.29 is 18.5 Å². The maximum Gasteiger partial charge on any atom is 0.335 e. The average molecular weight is 385 g/mol. The lowest BCUT2D eigenvalue weighted by Crippen LogP contribution is -2.38. The number of carbonyl (C=O) groups is 1. The monoisotopic (exact) mass is 385 g/mol. The van der Waals surface area contributed by atoms with Gasteiger partial charge in [0.15, 0.2) is 5.82 Å². The van der Waals surface area contributed by atoms with E-state index in [1.165, 1.54) is 24.3 Å². The maximum absolute atomic E-state index is 13.3. The Balaban J connectivity index is 1.89. The van der Waals surface area contributed by atoms with E-state index in [1.54, 1.807) is 18.2 Å².